The maximum Gasteiger partial charge on any atom is 0.0548 e. The number of hydrogen-bond donors (Lipinski definition) is 2. The highest BCUT2D eigenvalue weighted by Gasteiger charge is 2.39. The van der Waals surface area contributed by atoms with Crippen LogP contribution in [0.4, 0.5) is 0 Å². The number of nitrogens with zero attached hydrogens (tertiary/aromatic N) is 2. The van der Waals surface area contributed by atoms with Crippen LogP contribution in [0.2, 0.25) is 0 Å². The Morgan fingerprint density at radius 3 is 1.04 bits per heavy atom. The van der Waals surface area contributed by atoms with Gasteiger partial charge in [-0.25, -0.2) is 0 Å². The molecular weight excluding hydrogens is 1290 g/mol. The molecular formula is C81H61B17BrN4. The molecule has 3 aliphatic rings. The summed E-state index contributed by atoms with van der Waals surface area (Å²) in [6.07, 6.45) is -4.59. The minimum absolute atomic E-state index is 0.0623. The van der Waals surface area contributed by atoms with Gasteiger partial charge in [-0.15, -0.1) is 0 Å². The van der Waals surface area contributed by atoms with E-state index in [1.807, 2.05) is 0 Å². The normalized spacial score (nSPS) is 13.6. The molecule has 0 atom stereocenters. The lowest BCUT2D eigenvalue weighted by atomic mass is 8.50. The van der Waals surface area contributed by atoms with Crippen LogP contribution in [-0.4, -0.2) is 140 Å². The Bertz CT molecular complexity index is 5730. The Morgan fingerprint density at radius 2 is 0.641 bits per heavy atom. The van der Waals surface area contributed by atoms with Gasteiger partial charge in [0.25, 0.3) is 0 Å². The van der Waals surface area contributed by atoms with Crippen molar-refractivity contribution in [3.63, 3.8) is 0 Å². The predicted octanol–water partition coefficient (Wildman–Crippen LogP) is 15.7. The smallest absolute Gasteiger partial charge is 0.0548 e. The van der Waals surface area contributed by atoms with E-state index < -0.39 is 44.7 Å². The third-order valence-corrected chi connectivity index (χ3v) is 23.0. The van der Waals surface area contributed by atoms with Crippen LogP contribution in [0.3, 0.4) is 0 Å². The first-order chi connectivity index (χ1) is 49.5. The topological polar surface area (TPSA) is 41.4 Å². The van der Waals surface area contributed by atoms with E-state index in [1.54, 1.807) is 7.06 Å². The average molecular weight is 1350 g/mol. The number of rotatable bonds is 9. The molecule has 463 valence electrons. The summed E-state index contributed by atoms with van der Waals surface area (Å²) in [6, 6.07) is 91.2. The molecule has 0 saturated heterocycles. The van der Waals surface area contributed by atoms with E-state index in [1.165, 1.54) is 165 Å². The van der Waals surface area contributed by atoms with Crippen LogP contribution in [0.5, 0.6) is 0 Å². The van der Waals surface area contributed by atoms with Gasteiger partial charge in [-0.3, -0.25) is 0 Å². The molecule has 0 aliphatic heterocycles. The molecule has 4 aromatic heterocycles. The van der Waals surface area contributed by atoms with Crippen LogP contribution in [0.1, 0.15) is 74.9 Å². The number of halogens is 1. The first-order valence-electron chi connectivity index (χ1n) is 35.4. The van der Waals surface area contributed by atoms with Gasteiger partial charge >= 0.3 is 0 Å². The molecule has 19 rings (SSSR count). The summed E-state index contributed by atoms with van der Waals surface area (Å²) in [5.74, 6) is 0. The van der Waals surface area contributed by atoms with Crippen LogP contribution in [0.25, 0.3) is 132 Å². The van der Waals surface area contributed by atoms with Gasteiger partial charge in [0.1, 0.15) is 0 Å². The third kappa shape index (κ3) is 11.4. The van der Waals surface area contributed by atoms with Crippen LogP contribution in [0, 0.1) is 0 Å². The van der Waals surface area contributed by atoms with Gasteiger partial charge in [-0.2, -0.15) is 0 Å². The zero-order valence-electron chi connectivity index (χ0n) is 58.8. The second kappa shape index (κ2) is 26.5. The number of fused-ring (bicyclic) bond motifs is 23. The van der Waals surface area contributed by atoms with Crippen molar-refractivity contribution in [1.29, 1.82) is 0 Å². The number of para-hydroxylation sites is 4. The summed E-state index contributed by atoms with van der Waals surface area (Å²) >= 11 is 3.56. The van der Waals surface area contributed by atoms with Gasteiger partial charge in [0.15, 0.2) is 0 Å². The van der Waals surface area contributed by atoms with Gasteiger partial charge in [0.2, 0.25) is 0 Å². The van der Waals surface area contributed by atoms with Crippen LogP contribution < -0.4 is 0 Å². The summed E-state index contributed by atoms with van der Waals surface area (Å²) in [7, 11) is 51.9. The molecule has 16 aromatic rings. The van der Waals surface area contributed by atoms with E-state index in [0.717, 1.165) is 4.47 Å². The molecule has 19 radical (unpaired) electrons. The van der Waals surface area contributed by atoms with Gasteiger partial charge in [0, 0.05) is 219 Å². The largest absolute Gasteiger partial charge is 0.354 e. The van der Waals surface area contributed by atoms with Gasteiger partial charge in [-0.1, -0.05) is 221 Å². The van der Waals surface area contributed by atoms with Crippen LogP contribution >= 0.6 is 15.9 Å². The highest BCUT2D eigenvalue weighted by atomic mass is 79.9. The molecule has 103 heavy (non-hydrogen) atoms. The van der Waals surface area contributed by atoms with Crippen LogP contribution in [-0.2, 0) is 16.2 Å². The van der Waals surface area contributed by atoms with E-state index in [0.29, 0.717) is 0 Å². The van der Waals surface area contributed by atoms with Gasteiger partial charge < -0.3 is 19.1 Å². The van der Waals surface area contributed by atoms with E-state index in [-0.39, 0.29) is 16.2 Å². The van der Waals surface area contributed by atoms with Crippen molar-refractivity contribution in [3.8, 4) is 44.8 Å². The standard InChI is InChI=1S/C48H36N2.C18H12N2.C15H13Br.B17/c1-47(2)37-17-9-5-13-31(37)33-23-21-29(27-39(33)47)49-41-19-11-7-15-35(41)45-43(49)25-26-44-46(45)36-16-8-12-20-42(36)50(44)30-22-24-34-32-14-6-10-18-38(32)48(3,4)40(34)28-30;1-3-7-13-11(5-1)17-15(19-13)9-10-16-18(17)12-6-2-4-8-14(12)20-16;1-15(2)13-6-4-3-5-11(13)12-8-7-10(16)9-14(12)15;1-11(2)15(9)17(14(7)8)10-16(12(3)4)13(5)6/h5-28H,1-4H3;1-10,19-20H;3-9H,1-2H3;. The van der Waals surface area contributed by atoms with Crippen molar-refractivity contribution in [2.24, 2.45) is 0 Å². The lowest BCUT2D eigenvalue weighted by molar-refractivity contribution is 0.660. The zero-order chi connectivity index (χ0) is 71.7. The number of benzene rings is 12. The minimum Gasteiger partial charge on any atom is -0.354 e. The van der Waals surface area contributed by atoms with Crippen molar-refractivity contribution in [2.45, 2.75) is 57.8 Å². The Hall–Kier alpha value is -8.58. The van der Waals surface area contributed by atoms with Crippen molar-refractivity contribution >= 4 is 225 Å². The highest BCUT2D eigenvalue weighted by molar-refractivity contribution is 9.10. The molecule has 12 aromatic carbocycles. The first-order valence-corrected chi connectivity index (χ1v) is 36.2. The Balaban J connectivity index is 0.000000126. The lowest BCUT2D eigenvalue weighted by Gasteiger charge is -2.32. The summed E-state index contributed by atoms with van der Waals surface area (Å²) in [5, 5.41) is 10.4. The van der Waals surface area contributed by atoms with Crippen LogP contribution in [0.15, 0.2) is 253 Å². The zero-order valence-corrected chi connectivity index (χ0v) is 60.3. The molecule has 3 aliphatic carbocycles. The number of nitrogens with one attached hydrogen (secondary N) is 2. The maximum atomic E-state index is 5.81. The SMILES string of the molecule is CC1(C)c2ccccc2-c2ccc(-n3c4ccccc4c4c5c6ccccc6n(-c6ccc7c(c6)C(C)(C)c6ccccc6-7)c5ccc43)cc21.CC1(C)c2ccccc2-c2ccc(Br)cc21.[B]B([B])B([B])B([B]B(B([B])[B])B([B])[B])B([B])[B].c1ccc2c(c1)[nH]c1ccc3[nH]c4ccccc4c3c12. The Morgan fingerprint density at radius 1 is 0.301 bits per heavy atom. The molecule has 0 amide bonds. The van der Waals surface area contributed by atoms with E-state index in [4.69, 9.17) is 69.6 Å². The molecule has 0 unspecified atom stereocenters. The number of hydrogen-bond acceptors (Lipinski definition) is 0. The fourth-order valence-electron chi connectivity index (χ4n) is 17.2. The second-order valence-electron chi connectivity index (χ2n) is 29.7. The van der Waals surface area contributed by atoms with Gasteiger partial charge in [0.05, 0.1) is 22.1 Å². The number of aromatic nitrogens is 4. The van der Waals surface area contributed by atoms with E-state index >= 15 is 0 Å². The molecule has 4 nitrogen and oxygen atoms in total. The van der Waals surface area contributed by atoms with Crippen molar-refractivity contribution in [2.75, 3.05) is 0 Å². The van der Waals surface area contributed by atoms with E-state index in [2.05, 4.69) is 325 Å². The number of aromatic amines is 2. The van der Waals surface area contributed by atoms with Crippen molar-refractivity contribution in [3.05, 3.63) is 287 Å². The molecule has 0 bridgehead atoms. The van der Waals surface area contributed by atoms with E-state index in [9.17, 15) is 0 Å². The van der Waals surface area contributed by atoms with Gasteiger partial charge in [-0.05, 0) is 152 Å². The summed E-state index contributed by atoms with van der Waals surface area (Å²) in [6.45, 7) is 14.1. The van der Waals surface area contributed by atoms with Crippen molar-refractivity contribution < 1.29 is 0 Å². The molecule has 0 saturated carbocycles. The summed E-state index contributed by atoms with van der Waals surface area (Å²) < 4.78 is 6.14. The fourth-order valence-corrected chi connectivity index (χ4v) is 17.6. The number of H-pyrrole nitrogens is 2. The fraction of sp³-hybridized carbons (Fsp3) is 0.111. The predicted molar refractivity (Wildman–Crippen MR) is 465 cm³/mol. The second-order valence-corrected chi connectivity index (χ2v) is 30.6. The molecule has 0 fully saturated rings. The molecule has 0 spiro atoms. The average Bonchev–Trinajstić information content (AvgIpc) is 1.54. The lowest BCUT2D eigenvalue weighted by Crippen LogP contribution is -2.70. The highest BCUT2D eigenvalue weighted by Crippen LogP contribution is 2.53. The quantitative estimate of drug-likeness (QED) is 0.135. The Kier molecular flexibility index (Phi) is 17.7. The molecule has 22 heteroatoms. The minimum atomic E-state index is -0.769. The first kappa shape index (κ1) is 68.8. The summed E-state index contributed by atoms with van der Waals surface area (Å²) in [4.78, 5) is 7.02. The third-order valence-electron chi connectivity index (χ3n) is 22.5. The Labute approximate surface area is 628 Å². The van der Waals surface area contributed by atoms with Crippen molar-refractivity contribution in [1.82, 2.24) is 19.1 Å². The molecule has 4 heterocycles. The maximum absolute atomic E-state index is 5.81. The summed E-state index contributed by atoms with van der Waals surface area (Å²) in [5.41, 5.74) is 28.8. The molecule has 2 N–H and O–H groups in total. The monoisotopic (exact) mass is 1360 g/mol.